The van der Waals surface area contributed by atoms with Gasteiger partial charge >= 0.3 is 5.97 Å². The maximum Gasteiger partial charge on any atom is 0.341 e. The van der Waals surface area contributed by atoms with E-state index in [1.807, 2.05) is 43.5 Å². The fourth-order valence-corrected chi connectivity index (χ4v) is 3.87. The standard InChI is InChI=1S/C22H30N2O3S/c1-5-8-13-24(6-2)14-19(25)23-21-20(22(26)27-7-3)18(15-28-21)17-11-9-16(4)10-12-17/h9-12,15H,5-8,13-14H2,1-4H3,(H,23,25). The number of ether oxygens (including phenoxy) is 1. The Balaban J connectivity index is 2.24. The van der Waals surface area contributed by atoms with Crippen molar-refractivity contribution in [2.45, 2.75) is 40.5 Å². The molecule has 2 rings (SSSR count). The summed E-state index contributed by atoms with van der Waals surface area (Å²) in [6, 6.07) is 7.98. The number of aryl methyl sites for hydroxylation is 1. The molecule has 0 spiro atoms. The van der Waals surface area contributed by atoms with E-state index < -0.39 is 5.97 Å². The Kier molecular flexibility index (Phi) is 8.67. The number of rotatable bonds is 10. The minimum absolute atomic E-state index is 0.110. The van der Waals surface area contributed by atoms with E-state index in [9.17, 15) is 9.59 Å². The molecule has 152 valence electrons. The number of esters is 1. The molecule has 1 heterocycles. The zero-order valence-electron chi connectivity index (χ0n) is 17.2. The highest BCUT2D eigenvalue weighted by Crippen LogP contribution is 2.36. The van der Waals surface area contributed by atoms with Crippen LogP contribution in [0.1, 0.15) is 49.5 Å². The Morgan fingerprint density at radius 2 is 1.86 bits per heavy atom. The van der Waals surface area contributed by atoms with Crippen LogP contribution in [0, 0.1) is 6.92 Å². The van der Waals surface area contributed by atoms with Crippen molar-refractivity contribution in [3.05, 3.63) is 40.8 Å². The maximum atomic E-state index is 12.6. The molecule has 0 saturated carbocycles. The molecule has 0 aliphatic carbocycles. The van der Waals surface area contributed by atoms with E-state index in [1.165, 1.54) is 11.3 Å². The molecule has 6 heteroatoms. The summed E-state index contributed by atoms with van der Waals surface area (Å²) in [6.07, 6.45) is 2.15. The molecule has 0 radical (unpaired) electrons. The lowest BCUT2D eigenvalue weighted by Gasteiger charge is -2.19. The summed E-state index contributed by atoms with van der Waals surface area (Å²) in [5, 5.41) is 5.38. The first-order chi connectivity index (χ1) is 13.5. The molecule has 0 aliphatic heterocycles. The number of hydrogen-bond donors (Lipinski definition) is 1. The highest BCUT2D eigenvalue weighted by Gasteiger charge is 2.23. The van der Waals surface area contributed by atoms with Crippen LogP contribution in [0.2, 0.25) is 0 Å². The lowest BCUT2D eigenvalue weighted by Crippen LogP contribution is -2.34. The fourth-order valence-electron chi connectivity index (χ4n) is 2.90. The van der Waals surface area contributed by atoms with Gasteiger partial charge in [0.25, 0.3) is 0 Å². The van der Waals surface area contributed by atoms with Gasteiger partial charge in [0.05, 0.1) is 13.2 Å². The Morgan fingerprint density at radius 1 is 1.14 bits per heavy atom. The topological polar surface area (TPSA) is 58.6 Å². The van der Waals surface area contributed by atoms with Gasteiger partial charge < -0.3 is 10.1 Å². The van der Waals surface area contributed by atoms with Crippen molar-refractivity contribution < 1.29 is 14.3 Å². The Labute approximate surface area is 171 Å². The van der Waals surface area contributed by atoms with Gasteiger partial charge in [0.2, 0.25) is 5.91 Å². The highest BCUT2D eigenvalue weighted by molar-refractivity contribution is 7.15. The Morgan fingerprint density at radius 3 is 2.46 bits per heavy atom. The zero-order valence-corrected chi connectivity index (χ0v) is 18.0. The van der Waals surface area contributed by atoms with Gasteiger partial charge in [0.1, 0.15) is 10.6 Å². The van der Waals surface area contributed by atoms with Crippen molar-refractivity contribution in [1.29, 1.82) is 0 Å². The second-order valence-electron chi connectivity index (χ2n) is 6.71. The van der Waals surface area contributed by atoms with Gasteiger partial charge in [-0.15, -0.1) is 11.3 Å². The minimum atomic E-state index is -0.409. The second kappa shape index (κ2) is 11.0. The molecular weight excluding hydrogens is 372 g/mol. The van der Waals surface area contributed by atoms with Crippen molar-refractivity contribution in [2.24, 2.45) is 0 Å². The molecule has 0 atom stereocenters. The normalized spacial score (nSPS) is 10.9. The van der Waals surface area contributed by atoms with E-state index in [-0.39, 0.29) is 12.5 Å². The molecule has 1 N–H and O–H groups in total. The van der Waals surface area contributed by atoms with E-state index in [0.29, 0.717) is 17.1 Å². The summed E-state index contributed by atoms with van der Waals surface area (Å²) >= 11 is 1.36. The van der Waals surface area contributed by atoms with Crippen molar-refractivity contribution in [1.82, 2.24) is 4.90 Å². The minimum Gasteiger partial charge on any atom is -0.462 e. The maximum absolute atomic E-state index is 12.6. The number of benzene rings is 1. The summed E-state index contributed by atoms with van der Waals surface area (Å²) in [5.41, 5.74) is 3.30. The number of nitrogens with one attached hydrogen (secondary N) is 1. The largest absolute Gasteiger partial charge is 0.462 e. The molecule has 1 aromatic carbocycles. The summed E-state index contributed by atoms with van der Waals surface area (Å²) < 4.78 is 5.26. The quantitative estimate of drug-likeness (QED) is 0.571. The van der Waals surface area contributed by atoms with Gasteiger partial charge in [0, 0.05) is 10.9 Å². The molecule has 28 heavy (non-hydrogen) atoms. The molecule has 1 amide bonds. The lowest BCUT2D eigenvalue weighted by molar-refractivity contribution is -0.117. The third-order valence-electron chi connectivity index (χ3n) is 4.53. The first kappa shape index (κ1) is 22.1. The van der Waals surface area contributed by atoms with E-state index in [0.717, 1.165) is 42.6 Å². The van der Waals surface area contributed by atoms with Crippen LogP contribution in [0.4, 0.5) is 5.00 Å². The lowest BCUT2D eigenvalue weighted by atomic mass is 10.0. The molecule has 0 aliphatic rings. The summed E-state index contributed by atoms with van der Waals surface area (Å²) in [7, 11) is 0. The number of unbranched alkanes of at least 4 members (excludes halogenated alkanes) is 1. The number of carbonyl (C=O) groups is 2. The summed E-state index contributed by atoms with van der Waals surface area (Å²) in [4.78, 5) is 27.3. The van der Waals surface area contributed by atoms with Crippen LogP contribution < -0.4 is 5.32 Å². The number of carbonyl (C=O) groups excluding carboxylic acids is 2. The Bertz CT molecular complexity index is 784. The van der Waals surface area contributed by atoms with Crippen LogP contribution in [0.3, 0.4) is 0 Å². The molecule has 2 aromatic rings. The third-order valence-corrected chi connectivity index (χ3v) is 5.42. The van der Waals surface area contributed by atoms with E-state index in [2.05, 4.69) is 17.1 Å². The number of anilines is 1. The van der Waals surface area contributed by atoms with Crippen molar-refractivity contribution >= 4 is 28.2 Å². The average molecular weight is 403 g/mol. The highest BCUT2D eigenvalue weighted by atomic mass is 32.1. The molecule has 1 aromatic heterocycles. The van der Waals surface area contributed by atoms with Crippen molar-refractivity contribution in [2.75, 3.05) is 31.6 Å². The zero-order chi connectivity index (χ0) is 20.5. The SMILES string of the molecule is CCCCN(CC)CC(=O)Nc1scc(-c2ccc(C)cc2)c1C(=O)OCC. The van der Waals surface area contributed by atoms with Gasteiger partial charge in [0.15, 0.2) is 0 Å². The summed E-state index contributed by atoms with van der Waals surface area (Å²) in [5.74, 6) is -0.520. The predicted molar refractivity (Wildman–Crippen MR) is 116 cm³/mol. The van der Waals surface area contributed by atoms with Crippen LogP contribution in [0.5, 0.6) is 0 Å². The van der Waals surface area contributed by atoms with Crippen molar-refractivity contribution in [3.8, 4) is 11.1 Å². The first-order valence-electron chi connectivity index (χ1n) is 9.87. The number of hydrogen-bond acceptors (Lipinski definition) is 5. The van der Waals surface area contributed by atoms with Crippen LogP contribution >= 0.6 is 11.3 Å². The van der Waals surface area contributed by atoms with Crippen LogP contribution in [0.15, 0.2) is 29.6 Å². The fraction of sp³-hybridized carbons (Fsp3) is 0.455. The number of amides is 1. The molecule has 0 unspecified atom stereocenters. The van der Waals surface area contributed by atoms with E-state index >= 15 is 0 Å². The first-order valence-corrected chi connectivity index (χ1v) is 10.8. The van der Waals surface area contributed by atoms with Gasteiger partial charge in [-0.25, -0.2) is 4.79 Å². The van der Waals surface area contributed by atoms with Crippen molar-refractivity contribution in [3.63, 3.8) is 0 Å². The van der Waals surface area contributed by atoms with Crippen LogP contribution in [-0.2, 0) is 9.53 Å². The number of likely N-dealkylation sites (N-methyl/N-ethyl adjacent to an activating group) is 1. The third kappa shape index (κ3) is 5.91. The molecule has 0 saturated heterocycles. The summed E-state index contributed by atoms with van der Waals surface area (Å²) in [6.45, 7) is 10.3. The van der Waals surface area contributed by atoms with Crippen LogP contribution in [-0.4, -0.2) is 43.0 Å². The Hall–Kier alpha value is -2.18. The van der Waals surface area contributed by atoms with Gasteiger partial charge in [-0.3, -0.25) is 9.69 Å². The van der Waals surface area contributed by atoms with Gasteiger partial charge in [-0.05, 0) is 38.9 Å². The molecule has 0 fully saturated rings. The second-order valence-corrected chi connectivity index (χ2v) is 7.59. The monoisotopic (exact) mass is 402 g/mol. The van der Waals surface area contributed by atoms with E-state index in [4.69, 9.17) is 4.74 Å². The number of nitrogens with zero attached hydrogens (tertiary/aromatic N) is 1. The predicted octanol–water partition coefficient (Wildman–Crippen LogP) is 4.96. The smallest absolute Gasteiger partial charge is 0.341 e. The average Bonchev–Trinajstić information content (AvgIpc) is 3.09. The molecule has 5 nitrogen and oxygen atoms in total. The van der Waals surface area contributed by atoms with Gasteiger partial charge in [-0.2, -0.15) is 0 Å². The number of thiophene rings is 1. The van der Waals surface area contributed by atoms with Crippen LogP contribution in [0.25, 0.3) is 11.1 Å². The molecular formula is C22H30N2O3S. The van der Waals surface area contributed by atoms with E-state index in [1.54, 1.807) is 6.92 Å². The molecule has 0 bridgehead atoms. The van der Waals surface area contributed by atoms with Gasteiger partial charge in [-0.1, -0.05) is 50.1 Å².